The Hall–Kier alpha value is -1.87. The quantitative estimate of drug-likeness (QED) is 0.839. The first kappa shape index (κ1) is 19.4. The third-order valence-electron chi connectivity index (χ3n) is 5.43. The maximum atomic E-state index is 13.4. The van der Waals surface area contributed by atoms with E-state index in [2.05, 4.69) is 22.1 Å². The molecule has 3 heterocycles. The lowest BCUT2D eigenvalue weighted by atomic mass is 9.94. The van der Waals surface area contributed by atoms with Gasteiger partial charge in [-0.25, -0.2) is 8.42 Å². The number of pyridine rings is 1. The van der Waals surface area contributed by atoms with Crippen LogP contribution < -0.4 is 10.2 Å². The van der Waals surface area contributed by atoms with E-state index < -0.39 is 21.6 Å². The molecule has 0 aliphatic carbocycles. The third-order valence-corrected chi connectivity index (χ3v) is 7.25. The van der Waals surface area contributed by atoms with Gasteiger partial charge < -0.3 is 10.2 Å². The maximum absolute atomic E-state index is 13.4. The van der Waals surface area contributed by atoms with Gasteiger partial charge in [-0.15, -0.1) is 0 Å². The molecule has 2 aliphatic heterocycles. The van der Waals surface area contributed by atoms with Crippen molar-refractivity contribution in [1.29, 1.82) is 0 Å². The molecular weight excluding hydrogens is 391 g/mol. The molecule has 1 aromatic carbocycles. The summed E-state index contributed by atoms with van der Waals surface area (Å²) in [5.74, 6) is 0.646. The second-order valence-corrected chi connectivity index (χ2v) is 10.1. The van der Waals surface area contributed by atoms with E-state index >= 15 is 0 Å². The lowest BCUT2D eigenvalue weighted by Gasteiger charge is -2.41. The van der Waals surface area contributed by atoms with E-state index in [0.29, 0.717) is 17.8 Å². The standard InChI is InChI=1S/C19H22F3N3O2S/c1-12-7-13(24-14-10-28(26,27)11-14)9-25(8-12)17-5-4-16(19(20,21)22)18-15(17)3-2-6-23-18/h2-6,12-14,24H,7-11H2,1H3/t12-,13+/m1/s1. The number of alkyl halides is 3. The maximum Gasteiger partial charge on any atom is 0.418 e. The molecule has 1 aromatic heterocycles. The number of nitrogens with one attached hydrogen (secondary N) is 1. The fourth-order valence-electron chi connectivity index (χ4n) is 4.32. The van der Waals surface area contributed by atoms with Crippen molar-refractivity contribution >= 4 is 26.4 Å². The zero-order valence-electron chi connectivity index (χ0n) is 15.4. The van der Waals surface area contributed by atoms with E-state index in [1.807, 2.05) is 0 Å². The number of halogens is 3. The minimum Gasteiger partial charge on any atom is -0.369 e. The molecule has 2 fully saturated rings. The normalized spacial score (nSPS) is 25.6. The zero-order chi connectivity index (χ0) is 20.1. The van der Waals surface area contributed by atoms with Crippen molar-refractivity contribution in [3.05, 3.63) is 36.0 Å². The SMILES string of the molecule is C[C@@H]1C[C@H](NC2CS(=O)(=O)C2)CN(c2ccc(C(F)(F)F)c3ncccc23)C1. The molecule has 0 amide bonds. The number of hydrogen-bond donors (Lipinski definition) is 1. The second-order valence-electron chi connectivity index (χ2n) is 7.91. The van der Waals surface area contributed by atoms with Crippen molar-refractivity contribution in [3.63, 3.8) is 0 Å². The Bertz CT molecular complexity index is 982. The first-order valence-corrected chi connectivity index (χ1v) is 11.1. The summed E-state index contributed by atoms with van der Waals surface area (Å²) in [4.78, 5) is 6.09. The number of sulfone groups is 1. The summed E-state index contributed by atoms with van der Waals surface area (Å²) >= 11 is 0. The van der Waals surface area contributed by atoms with Crippen LogP contribution in [0, 0.1) is 5.92 Å². The monoisotopic (exact) mass is 413 g/mol. The number of fused-ring (bicyclic) bond motifs is 1. The zero-order valence-corrected chi connectivity index (χ0v) is 16.2. The van der Waals surface area contributed by atoms with Crippen molar-refractivity contribution in [1.82, 2.24) is 10.3 Å². The van der Waals surface area contributed by atoms with Gasteiger partial charge >= 0.3 is 6.18 Å². The predicted molar refractivity (Wildman–Crippen MR) is 102 cm³/mol. The average molecular weight is 413 g/mol. The van der Waals surface area contributed by atoms with Crippen LogP contribution in [0.3, 0.4) is 0 Å². The molecule has 9 heteroatoms. The molecule has 1 N–H and O–H groups in total. The van der Waals surface area contributed by atoms with Gasteiger partial charge in [0.15, 0.2) is 9.84 Å². The van der Waals surface area contributed by atoms with Gasteiger partial charge in [-0.1, -0.05) is 6.92 Å². The van der Waals surface area contributed by atoms with E-state index in [1.54, 1.807) is 12.1 Å². The van der Waals surface area contributed by atoms with Crippen LogP contribution in [0.4, 0.5) is 18.9 Å². The van der Waals surface area contributed by atoms with Gasteiger partial charge in [0.1, 0.15) is 0 Å². The molecule has 0 radical (unpaired) electrons. The van der Waals surface area contributed by atoms with Crippen LogP contribution >= 0.6 is 0 Å². The first-order valence-electron chi connectivity index (χ1n) is 9.29. The van der Waals surface area contributed by atoms with Crippen LogP contribution in [0.15, 0.2) is 30.5 Å². The largest absolute Gasteiger partial charge is 0.418 e. The Morgan fingerprint density at radius 3 is 2.57 bits per heavy atom. The second kappa shape index (κ2) is 6.88. The van der Waals surface area contributed by atoms with Crippen LogP contribution in [-0.2, 0) is 16.0 Å². The van der Waals surface area contributed by atoms with Gasteiger partial charge in [0.2, 0.25) is 0 Å². The number of benzene rings is 1. The van der Waals surface area contributed by atoms with Crippen molar-refractivity contribution in [3.8, 4) is 0 Å². The summed E-state index contributed by atoms with van der Waals surface area (Å²) in [5, 5.41) is 3.89. The first-order chi connectivity index (χ1) is 13.1. The summed E-state index contributed by atoms with van der Waals surface area (Å²) in [6.45, 7) is 3.45. The Morgan fingerprint density at radius 1 is 1.14 bits per heavy atom. The molecule has 0 bridgehead atoms. The highest BCUT2D eigenvalue weighted by Crippen LogP contribution is 2.38. The lowest BCUT2D eigenvalue weighted by Crippen LogP contribution is -2.58. The van der Waals surface area contributed by atoms with Gasteiger partial charge in [-0.05, 0) is 36.6 Å². The van der Waals surface area contributed by atoms with E-state index in [0.717, 1.165) is 24.7 Å². The average Bonchev–Trinajstić information content (AvgIpc) is 2.57. The van der Waals surface area contributed by atoms with Crippen LogP contribution in [0.1, 0.15) is 18.9 Å². The highest BCUT2D eigenvalue weighted by molar-refractivity contribution is 7.92. The Balaban J connectivity index is 1.62. The van der Waals surface area contributed by atoms with Crippen molar-refractivity contribution in [2.45, 2.75) is 31.6 Å². The summed E-state index contributed by atoms with van der Waals surface area (Å²) in [6, 6.07) is 6.01. The lowest BCUT2D eigenvalue weighted by molar-refractivity contribution is -0.136. The highest BCUT2D eigenvalue weighted by atomic mass is 32.2. The summed E-state index contributed by atoms with van der Waals surface area (Å²) in [7, 11) is -2.90. The van der Waals surface area contributed by atoms with Crippen LogP contribution in [0.2, 0.25) is 0 Å². The summed E-state index contributed by atoms with van der Waals surface area (Å²) in [6.07, 6.45) is -2.18. The molecule has 5 nitrogen and oxygen atoms in total. The van der Waals surface area contributed by atoms with Gasteiger partial charge in [-0.3, -0.25) is 4.98 Å². The predicted octanol–water partition coefficient (Wildman–Crippen LogP) is 2.86. The molecular formula is C19H22F3N3O2S. The third kappa shape index (κ3) is 3.82. The van der Waals surface area contributed by atoms with Crippen LogP contribution in [-0.4, -0.2) is 50.1 Å². The number of nitrogens with zero attached hydrogens (tertiary/aromatic N) is 2. The van der Waals surface area contributed by atoms with E-state index in [-0.39, 0.29) is 29.1 Å². The van der Waals surface area contributed by atoms with Gasteiger partial charge in [0.25, 0.3) is 0 Å². The minimum absolute atomic E-state index is 0.0341. The van der Waals surface area contributed by atoms with E-state index in [9.17, 15) is 21.6 Å². The Morgan fingerprint density at radius 2 is 1.89 bits per heavy atom. The molecule has 152 valence electrons. The van der Waals surface area contributed by atoms with Gasteiger partial charge in [0.05, 0.1) is 22.6 Å². The van der Waals surface area contributed by atoms with Crippen LogP contribution in [0.25, 0.3) is 10.9 Å². The van der Waals surface area contributed by atoms with Gasteiger partial charge in [0, 0.05) is 42.4 Å². The molecule has 28 heavy (non-hydrogen) atoms. The fraction of sp³-hybridized carbons (Fsp3) is 0.526. The Kier molecular flexibility index (Phi) is 4.78. The molecule has 0 unspecified atom stereocenters. The number of rotatable bonds is 3. The van der Waals surface area contributed by atoms with Crippen molar-refractivity contribution in [2.24, 2.45) is 5.92 Å². The number of piperidine rings is 1. The highest BCUT2D eigenvalue weighted by Gasteiger charge is 2.37. The number of aromatic nitrogens is 1. The summed E-state index contributed by atoms with van der Waals surface area (Å²) in [5.41, 5.74) is -0.0396. The van der Waals surface area contributed by atoms with E-state index in [4.69, 9.17) is 0 Å². The molecule has 2 atom stereocenters. The molecule has 2 aromatic rings. The minimum atomic E-state index is -4.46. The molecule has 4 rings (SSSR count). The molecule has 2 aliphatic rings. The van der Waals surface area contributed by atoms with Crippen LogP contribution in [0.5, 0.6) is 0 Å². The topological polar surface area (TPSA) is 62.3 Å². The van der Waals surface area contributed by atoms with Crippen molar-refractivity contribution < 1.29 is 21.6 Å². The van der Waals surface area contributed by atoms with Crippen molar-refractivity contribution in [2.75, 3.05) is 29.5 Å². The van der Waals surface area contributed by atoms with Gasteiger partial charge in [-0.2, -0.15) is 13.2 Å². The Labute approximate surface area is 161 Å². The molecule has 0 spiro atoms. The fourth-order valence-corrected chi connectivity index (χ4v) is 5.65. The molecule has 2 saturated heterocycles. The number of anilines is 1. The van der Waals surface area contributed by atoms with E-state index in [1.165, 1.54) is 12.3 Å². The molecule has 0 saturated carbocycles. The summed E-state index contributed by atoms with van der Waals surface area (Å²) < 4.78 is 62.9. The number of hydrogen-bond acceptors (Lipinski definition) is 5. The smallest absolute Gasteiger partial charge is 0.369 e.